The summed E-state index contributed by atoms with van der Waals surface area (Å²) in [4.78, 5) is 13.5. The summed E-state index contributed by atoms with van der Waals surface area (Å²) >= 11 is 1.70. The third-order valence-electron chi connectivity index (χ3n) is 2.68. The van der Waals surface area contributed by atoms with Crippen LogP contribution in [-0.2, 0) is 12.3 Å². The topological polar surface area (TPSA) is 88.8 Å². The van der Waals surface area contributed by atoms with Crippen molar-refractivity contribution in [1.82, 2.24) is 9.80 Å². The van der Waals surface area contributed by atoms with E-state index in [9.17, 15) is 10.1 Å². The molecule has 21 heavy (non-hydrogen) atoms. The van der Waals surface area contributed by atoms with E-state index >= 15 is 0 Å². The first kappa shape index (κ1) is 17.4. The van der Waals surface area contributed by atoms with Gasteiger partial charge in [-0.25, -0.2) is 0 Å². The van der Waals surface area contributed by atoms with Gasteiger partial charge in [-0.3, -0.25) is 10.1 Å². The Bertz CT molecular complexity index is 488. The fourth-order valence-electron chi connectivity index (χ4n) is 1.61. The monoisotopic (exact) mass is 314 g/mol. The van der Waals surface area contributed by atoms with E-state index in [2.05, 4.69) is 4.90 Å². The molecule has 1 aromatic rings. The summed E-state index contributed by atoms with van der Waals surface area (Å²) in [5.41, 5.74) is 5.57. The van der Waals surface area contributed by atoms with Gasteiger partial charge in [-0.1, -0.05) is 0 Å². The molecule has 0 aliphatic rings. The van der Waals surface area contributed by atoms with Crippen molar-refractivity contribution in [3.63, 3.8) is 0 Å². The second-order valence-corrected chi connectivity index (χ2v) is 6.02. The van der Waals surface area contributed by atoms with Crippen LogP contribution in [0.15, 0.2) is 28.6 Å². The maximum Gasteiger partial charge on any atom is 0.274 e. The molecule has 0 atom stereocenters. The van der Waals surface area contributed by atoms with Crippen LogP contribution < -0.4 is 5.73 Å². The van der Waals surface area contributed by atoms with Crippen LogP contribution in [0.2, 0.25) is 0 Å². The van der Waals surface area contributed by atoms with Crippen molar-refractivity contribution in [3.8, 4) is 0 Å². The van der Waals surface area contributed by atoms with Crippen LogP contribution in [0.5, 0.6) is 0 Å². The van der Waals surface area contributed by atoms with Crippen molar-refractivity contribution in [3.05, 3.63) is 45.8 Å². The Morgan fingerprint density at radius 3 is 2.71 bits per heavy atom. The van der Waals surface area contributed by atoms with E-state index < -0.39 is 4.92 Å². The average Bonchev–Trinajstić information content (AvgIpc) is 2.80. The molecule has 0 fully saturated rings. The van der Waals surface area contributed by atoms with Gasteiger partial charge < -0.3 is 20.0 Å². The van der Waals surface area contributed by atoms with Crippen LogP contribution in [0, 0.1) is 10.1 Å². The van der Waals surface area contributed by atoms with Gasteiger partial charge in [0, 0.05) is 19.3 Å². The molecule has 2 N–H and O–H groups in total. The fourth-order valence-corrected chi connectivity index (χ4v) is 2.51. The number of nitrogens with two attached hydrogens (primary N) is 1. The predicted molar refractivity (Wildman–Crippen MR) is 84.2 cm³/mol. The molecule has 0 aliphatic heterocycles. The van der Waals surface area contributed by atoms with Gasteiger partial charge in [0.05, 0.1) is 17.2 Å². The van der Waals surface area contributed by atoms with E-state index in [0.717, 1.165) is 35.8 Å². The van der Waals surface area contributed by atoms with Crippen molar-refractivity contribution in [1.29, 1.82) is 0 Å². The molecular formula is C13H22N4O3S. The molecular weight excluding hydrogens is 292 g/mol. The Kier molecular flexibility index (Phi) is 7.10. The van der Waals surface area contributed by atoms with Crippen molar-refractivity contribution in [2.24, 2.45) is 5.73 Å². The molecule has 0 aromatic carbocycles. The summed E-state index contributed by atoms with van der Waals surface area (Å²) in [7, 11) is 5.73. The molecule has 7 nitrogen and oxygen atoms in total. The van der Waals surface area contributed by atoms with E-state index in [1.165, 1.54) is 0 Å². The lowest BCUT2D eigenvalue weighted by Gasteiger charge is -2.16. The zero-order valence-electron chi connectivity index (χ0n) is 12.6. The second kappa shape index (κ2) is 8.58. The Labute approximate surface area is 128 Å². The molecule has 0 bridgehead atoms. The molecule has 0 spiro atoms. The molecule has 8 heteroatoms. The number of hydrogen-bond acceptors (Lipinski definition) is 7. The van der Waals surface area contributed by atoms with Crippen LogP contribution in [0.4, 0.5) is 0 Å². The third-order valence-corrected chi connectivity index (χ3v) is 3.64. The summed E-state index contributed by atoms with van der Waals surface area (Å²) in [6.07, 6.45) is 0.810. The first-order valence-electron chi connectivity index (χ1n) is 6.50. The van der Waals surface area contributed by atoms with Crippen molar-refractivity contribution < 1.29 is 9.34 Å². The van der Waals surface area contributed by atoms with Gasteiger partial charge in [-0.15, -0.1) is 0 Å². The third kappa shape index (κ3) is 7.05. The number of nitro groups is 1. The Hall–Kier alpha value is -1.67. The summed E-state index contributed by atoms with van der Waals surface area (Å²) in [5, 5.41) is 10.3. The van der Waals surface area contributed by atoms with E-state index in [-0.39, 0.29) is 5.82 Å². The summed E-state index contributed by atoms with van der Waals surface area (Å²) in [5.74, 6) is 3.64. The van der Waals surface area contributed by atoms with E-state index in [4.69, 9.17) is 10.2 Å². The van der Waals surface area contributed by atoms with E-state index in [0.29, 0.717) is 6.54 Å². The van der Waals surface area contributed by atoms with Crippen LogP contribution in [0.1, 0.15) is 11.5 Å². The highest BCUT2D eigenvalue weighted by Gasteiger charge is 2.06. The average molecular weight is 314 g/mol. The standard InChI is InChI=1S/C13H22N4O3S/c1-15(2)8-11-4-5-12(20-11)10-21-7-6-16(3)13(14)9-17(18)19/h4-5,9H,6-8,10,14H2,1-3H3/b13-9-. The van der Waals surface area contributed by atoms with Crippen LogP contribution in [0.25, 0.3) is 0 Å². The predicted octanol–water partition coefficient (Wildman–Crippen LogP) is 1.54. The highest BCUT2D eigenvalue weighted by molar-refractivity contribution is 7.98. The highest BCUT2D eigenvalue weighted by atomic mass is 32.2. The van der Waals surface area contributed by atoms with Gasteiger partial charge in [0.2, 0.25) is 0 Å². The maximum absolute atomic E-state index is 10.3. The number of rotatable bonds is 9. The van der Waals surface area contributed by atoms with Gasteiger partial charge in [0.15, 0.2) is 5.82 Å². The summed E-state index contributed by atoms with van der Waals surface area (Å²) in [6, 6.07) is 3.97. The van der Waals surface area contributed by atoms with Crippen molar-refractivity contribution >= 4 is 11.8 Å². The lowest BCUT2D eigenvalue weighted by Crippen LogP contribution is -2.26. The molecule has 0 unspecified atom stereocenters. The van der Waals surface area contributed by atoms with Crippen LogP contribution in [-0.4, -0.2) is 48.2 Å². The molecule has 1 aromatic heterocycles. The molecule has 118 valence electrons. The van der Waals surface area contributed by atoms with Crippen LogP contribution in [0.3, 0.4) is 0 Å². The molecule has 1 rings (SSSR count). The molecule has 0 radical (unpaired) electrons. The Morgan fingerprint density at radius 1 is 1.43 bits per heavy atom. The van der Waals surface area contributed by atoms with E-state index in [1.54, 1.807) is 23.7 Å². The number of hydrogen-bond donors (Lipinski definition) is 1. The Morgan fingerprint density at radius 2 is 2.10 bits per heavy atom. The second-order valence-electron chi connectivity index (χ2n) is 4.92. The minimum absolute atomic E-state index is 0.159. The van der Waals surface area contributed by atoms with Gasteiger partial charge >= 0.3 is 0 Å². The van der Waals surface area contributed by atoms with Gasteiger partial charge in [-0.05, 0) is 26.2 Å². The number of furan rings is 1. The number of nitrogens with zero attached hydrogens (tertiary/aromatic N) is 3. The quantitative estimate of drug-likeness (QED) is 0.420. The Balaban J connectivity index is 2.28. The molecule has 0 aliphatic carbocycles. The minimum Gasteiger partial charge on any atom is -0.464 e. The fraction of sp³-hybridized carbons (Fsp3) is 0.538. The van der Waals surface area contributed by atoms with Crippen molar-refractivity contribution in [2.75, 3.05) is 33.4 Å². The number of thioether (sulfide) groups is 1. The first-order chi connectivity index (χ1) is 9.88. The SMILES string of the molecule is CN(C)Cc1ccc(CSCCN(C)/C(N)=C\[N+](=O)[O-])o1. The van der Waals surface area contributed by atoms with Gasteiger partial charge in [0.25, 0.3) is 6.20 Å². The highest BCUT2D eigenvalue weighted by Crippen LogP contribution is 2.16. The van der Waals surface area contributed by atoms with Crippen LogP contribution >= 0.6 is 11.8 Å². The first-order valence-corrected chi connectivity index (χ1v) is 7.66. The molecule has 0 amide bonds. The summed E-state index contributed by atoms with van der Waals surface area (Å²) < 4.78 is 5.70. The minimum atomic E-state index is -0.548. The largest absolute Gasteiger partial charge is 0.464 e. The molecule has 0 saturated heterocycles. The molecule has 1 heterocycles. The zero-order chi connectivity index (χ0) is 15.8. The summed E-state index contributed by atoms with van der Waals surface area (Å²) in [6.45, 7) is 1.43. The zero-order valence-corrected chi connectivity index (χ0v) is 13.4. The lowest BCUT2D eigenvalue weighted by molar-refractivity contribution is -0.404. The molecule has 0 saturated carbocycles. The van der Waals surface area contributed by atoms with Crippen molar-refractivity contribution in [2.45, 2.75) is 12.3 Å². The van der Waals surface area contributed by atoms with E-state index in [1.807, 2.05) is 26.2 Å². The lowest BCUT2D eigenvalue weighted by atomic mass is 10.4. The van der Waals surface area contributed by atoms with Gasteiger partial charge in [0.1, 0.15) is 11.5 Å². The maximum atomic E-state index is 10.3. The normalized spacial score (nSPS) is 11.9. The van der Waals surface area contributed by atoms with Gasteiger partial charge in [-0.2, -0.15) is 11.8 Å². The smallest absolute Gasteiger partial charge is 0.274 e.